The topological polar surface area (TPSA) is 53.2 Å². The maximum Gasteiger partial charge on any atom is 0.237 e. The lowest BCUT2D eigenvalue weighted by Gasteiger charge is -2.27. The molecule has 2 heterocycles. The van der Waals surface area contributed by atoms with Gasteiger partial charge >= 0.3 is 0 Å². The van der Waals surface area contributed by atoms with Crippen molar-refractivity contribution >= 4 is 5.91 Å². The number of rotatable bonds is 3. The Morgan fingerprint density at radius 1 is 1.26 bits per heavy atom. The molecule has 1 amide bonds. The molecule has 0 aromatic heterocycles. The first-order valence-corrected chi connectivity index (χ1v) is 7.17. The van der Waals surface area contributed by atoms with Gasteiger partial charge in [0, 0.05) is 12.6 Å². The summed E-state index contributed by atoms with van der Waals surface area (Å²) in [5.41, 5.74) is 2.73. The summed E-state index contributed by atoms with van der Waals surface area (Å²) in [4.78, 5) is 12.0. The lowest BCUT2D eigenvalue weighted by Crippen LogP contribution is -2.45. The van der Waals surface area contributed by atoms with Gasteiger partial charge in [0.05, 0.1) is 6.04 Å². The molecular formula is C15H21N3O. The lowest BCUT2D eigenvalue weighted by molar-refractivity contribution is -0.122. The normalized spacial score (nSPS) is 25.9. The highest BCUT2D eigenvalue weighted by Crippen LogP contribution is 2.21. The van der Waals surface area contributed by atoms with Crippen LogP contribution in [0.2, 0.25) is 0 Å². The molecule has 0 bridgehead atoms. The van der Waals surface area contributed by atoms with Crippen molar-refractivity contribution in [3.63, 3.8) is 0 Å². The van der Waals surface area contributed by atoms with Crippen LogP contribution in [0.15, 0.2) is 24.3 Å². The average Bonchev–Trinajstić information content (AvgIpc) is 2.99. The third-order valence-corrected chi connectivity index (χ3v) is 4.07. The molecule has 4 nitrogen and oxygen atoms in total. The zero-order valence-electron chi connectivity index (χ0n) is 11.1. The van der Waals surface area contributed by atoms with Crippen LogP contribution in [0.4, 0.5) is 0 Å². The molecule has 0 radical (unpaired) electrons. The summed E-state index contributed by atoms with van der Waals surface area (Å²) in [6.07, 6.45) is 3.13. The Balaban J connectivity index is 1.60. The number of hydrogen-bond donors (Lipinski definition) is 3. The fraction of sp³-hybridized carbons (Fsp3) is 0.533. The molecule has 4 heteroatoms. The number of benzene rings is 1. The van der Waals surface area contributed by atoms with Gasteiger partial charge in [-0.2, -0.15) is 0 Å². The molecule has 2 aliphatic rings. The molecule has 1 aromatic rings. The number of carbonyl (C=O) groups excluding carboxylic acids is 1. The second-order valence-electron chi connectivity index (χ2n) is 5.35. The van der Waals surface area contributed by atoms with E-state index in [9.17, 15) is 4.79 Å². The van der Waals surface area contributed by atoms with Gasteiger partial charge in [0.1, 0.15) is 0 Å². The Morgan fingerprint density at radius 2 is 2.16 bits per heavy atom. The smallest absolute Gasteiger partial charge is 0.237 e. The average molecular weight is 259 g/mol. The number of fused-ring (bicyclic) bond motifs is 1. The molecular weight excluding hydrogens is 238 g/mol. The van der Waals surface area contributed by atoms with E-state index < -0.39 is 0 Å². The van der Waals surface area contributed by atoms with Crippen LogP contribution in [-0.2, 0) is 11.2 Å². The molecule has 2 aliphatic heterocycles. The minimum atomic E-state index is 0.0128. The highest BCUT2D eigenvalue weighted by molar-refractivity contribution is 5.82. The van der Waals surface area contributed by atoms with Crippen molar-refractivity contribution in [1.82, 2.24) is 16.0 Å². The molecule has 0 saturated carbocycles. The van der Waals surface area contributed by atoms with Gasteiger partial charge < -0.3 is 16.0 Å². The first kappa shape index (κ1) is 12.6. The monoisotopic (exact) mass is 259 g/mol. The largest absolute Gasteiger partial charge is 0.353 e. The summed E-state index contributed by atoms with van der Waals surface area (Å²) in [5, 5.41) is 9.79. The van der Waals surface area contributed by atoms with Gasteiger partial charge in [0.15, 0.2) is 0 Å². The third-order valence-electron chi connectivity index (χ3n) is 4.07. The van der Waals surface area contributed by atoms with Crippen LogP contribution in [0, 0.1) is 0 Å². The number of carbonyl (C=O) groups is 1. The Labute approximate surface area is 114 Å². The van der Waals surface area contributed by atoms with E-state index in [1.807, 2.05) is 0 Å². The summed E-state index contributed by atoms with van der Waals surface area (Å²) in [6, 6.07) is 8.76. The van der Waals surface area contributed by atoms with Crippen molar-refractivity contribution in [2.75, 3.05) is 19.6 Å². The zero-order valence-corrected chi connectivity index (χ0v) is 11.1. The fourth-order valence-electron chi connectivity index (χ4n) is 3.01. The number of amides is 1. The van der Waals surface area contributed by atoms with Crippen LogP contribution in [0.1, 0.15) is 30.0 Å². The quantitative estimate of drug-likeness (QED) is 0.750. The predicted octanol–water partition coefficient (Wildman–Crippen LogP) is 0.742. The molecule has 3 rings (SSSR count). The molecule has 2 unspecified atom stereocenters. The van der Waals surface area contributed by atoms with Gasteiger partial charge in [0.2, 0.25) is 5.91 Å². The Bertz CT molecular complexity index is 454. The summed E-state index contributed by atoms with van der Waals surface area (Å²) in [7, 11) is 0. The van der Waals surface area contributed by atoms with E-state index in [4.69, 9.17) is 0 Å². The fourth-order valence-corrected chi connectivity index (χ4v) is 3.01. The number of nitrogens with one attached hydrogen (secondary N) is 3. The van der Waals surface area contributed by atoms with Crippen LogP contribution >= 0.6 is 0 Å². The van der Waals surface area contributed by atoms with E-state index in [1.165, 1.54) is 11.1 Å². The first-order valence-electron chi connectivity index (χ1n) is 7.17. The van der Waals surface area contributed by atoms with Gasteiger partial charge in [-0.25, -0.2) is 0 Å². The third kappa shape index (κ3) is 2.80. The first-order chi connectivity index (χ1) is 9.34. The van der Waals surface area contributed by atoms with Crippen LogP contribution in [0.25, 0.3) is 0 Å². The van der Waals surface area contributed by atoms with Crippen LogP contribution in [0.5, 0.6) is 0 Å². The van der Waals surface area contributed by atoms with E-state index in [1.54, 1.807) is 0 Å². The van der Waals surface area contributed by atoms with Crippen molar-refractivity contribution in [3.05, 3.63) is 35.4 Å². The molecule has 2 atom stereocenters. The zero-order chi connectivity index (χ0) is 13.1. The van der Waals surface area contributed by atoms with E-state index in [0.29, 0.717) is 6.54 Å². The van der Waals surface area contributed by atoms with Crippen molar-refractivity contribution in [2.45, 2.75) is 31.3 Å². The van der Waals surface area contributed by atoms with Crippen molar-refractivity contribution < 1.29 is 4.79 Å². The van der Waals surface area contributed by atoms with E-state index in [-0.39, 0.29) is 18.0 Å². The van der Waals surface area contributed by atoms with Gasteiger partial charge in [-0.05, 0) is 43.5 Å². The molecule has 19 heavy (non-hydrogen) atoms. The summed E-state index contributed by atoms with van der Waals surface area (Å²) in [5.74, 6) is 0.141. The standard InChI is InChI=1S/C15H21N3O/c19-15(13-6-3-8-16-13)18-10-14-12-5-2-1-4-11(12)7-9-17-14/h1-2,4-5,13-14,16-17H,3,6-10H2,(H,18,19). The van der Waals surface area contributed by atoms with Crippen molar-refractivity contribution in [2.24, 2.45) is 0 Å². The predicted molar refractivity (Wildman–Crippen MR) is 74.9 cm³/mol. The molecule has 0 spiro atoms. The van der Waals surface area contributed by atoms with E-state index >= 15 is 0 Å². The molecule has 102 valence electrons. The van der Waals surface area contributed by atoms with Gasteiger partial charge in [-0.15, -0.1) is 0 Å². The molecule has 1 aromatic carbocycles. The maximum atomic E-state index is 12.0. The summed E-state index contributed by atoms with van der Waals surface area (Å²) < 4.78 is 0. The molecule has 3 N–H and O–H groups in total. The van der Waals surface area contributed by atoms with Crippen LogP contribution < -0.4 is 16.0 Å². The van der Waals surface area contributed by atoms with Gasteiger partial charge in [0.25, 0.3) is 0 Å². The minimum Gasteiger partial charge on any atom is -0.353 e. The Kier molecular flexibility index (Phi) is 3.80. The molecule has 1 saturated heterocycles. The molecule has 1 fully saturated rings. The summed E-state index contributed by atoms with van der Waals surface area (Å²) in [6.45, 7) is 2.62. The van der Waals surface area contributed by atoms with Crippen LogP contribution in [-0.4, -0.2) is 31.6 Å². The second-order valence-corrected chi connectivity index (χ2v) is 5.35. The van der Waals surface area contributed by atoms with Crippen molar-refractivity contribution in [1.29, 1.82) is 0 Å². The number of hydrogen-bond acceptors (Lipinski definition) is 3. The Hall–Kier alpha value is -1.39. The lowest BCUT2D eigenvalue weighted by atomic mass is 9.94. The van der Waals surface area contributed by atoms with Crippen molar-refractivity contribution in [3.8, 4) is 0 Å². The van der Waals surface area contributed by atoms with Gasteiger partial charge in [-0.1, -0.05) is 24.3 Å². The highest BCUT2D eigenvalue weighted by atomic mass is 16.2. The minimum absolute atomic E-state index is 0.0128. The Morgan fingerprint density at radius 3 is 3.00 bits per heavy atom. The molecule has 0 aliphatic carbocycles. The van der Waals surface area contributed by atoms with Crippen LogP contribution in [0.3, 0.4) is 0 Å². The maximum absolute atomic E-state index is 12.0. The second kappa shape index (κ2) is 5.72. The van der Waals surface area contributed by atoms with E-state index in [0.717, 1.165) is 32.4 Å². The summed E-state index contributed by atoms with van der Waals surface area (Å²) >= 11 is 0. The van der Waals surface area contributed by atoms with Gasteiger partial charge in [-0.3, -0.25) is 4.79 Å². The highest BCUT2D eigenvalue weighted by Gasteiger charge is 2.24. The van der Waals surface area contributed by atoms with E-state index in [2.05, 4.69) is 40.2 Å². The SMILES string of the molecule is O=C(NCC1NCCc2ccccc21)C1CCCN1.